The zero-order valence-electron chi connectivity index (χ0n) is 9.92. The third kappa shape index (κ3) is 4.03. The van der Waals surface area contributed by atoms with E-state index in [0.29, 0.717) is 12.0 Å². The van der Waals surface area contributed by atoms with Crippen molar-refractivity contribution in [1.29, 1.82) is 0 Å². The highest BCUT2D eigenvalue weighted by Gasteiger charge is 2.30. The fourth-order valence-corrected chi connectivity index (χ4v) is 1.36. The molecule has 1 rings (SSSR count). The second-order valence-electron chi connectivity index (χ2n) is 3.93. The van der Waals surface area contributed by atoms with Crippen LogP contribution >= 0.6 is 0 Å². The highest BCUT2D eigenvalue weighted by atomic mass is 19.4. The monoisotopic (exact) mass is 260 g/mol. The second-order valence-corrected chi connectivity index (χ2v) is 3.93. The number of benzene rings is 1. The van der Waals surface area contributed by atoms with Gasteiger partial charge in [0.1, 0.15) is 0 Å². The van der Waals surface area contributed by atoms with Gasteiger partial charge in [0.15, 0.2) is 0 Å². The molecule has 3 nitrogen and oxygen atoms in total. The molecule has 0 radical (unpaired) electrons. The molecule has 0 heterocycles. The summed E-state index contributed by atoms with van der Waals surface area (Å²) < 4.78 is 37.3. The molecule has 1 aromatic rings. The lowest BCUT2D eigenvalue weighted by atomic mass is 10.1. The highest BCUT2D eigenvalue weighted by Crippen LogP contribution is 2.29. The van der Waals surface area contributed by atoms with Crippen LogP contribution in [0.4, 0.5) is 13.2 Å². The van der Waals surface area contributed by atoms with Gasteiger partial charge in [-0.2, -0.15) is 13.2 Å². The molecule has 100 valence electrons. The molecule has 0 saturated heterocycles. The summed E-state index contributed by atoms with van der Waals surface area (Å²) in [5.41, 5.74) is 5.15. The number of carbonyl (C=O) groups excluding carboxylic acids is 1. The lowest BCUT2D eigenvalue weighted by Crippen LogP contribution is -2.39. The summed E-state index contributed by atoms with van der Waals surface area (Å²) in [6, 6.07) is 4.20. The van der Waals surface area contributed by atoms with Gasteiger partial charge in [-0.3, -0.25) is 4.79 Å². The maximum Gasteiger partial charge on any atom is 0.416 e. The molecule has 6 heteroatoms. The summed E-state index contributed by atoms with van der Waals surface area (Å²) in [6.07, 6.45) is -3.89. The van der Waals surface area contributed by atoms with Gasteiger partial charge in [0.2, 0.25) is 5.91 Å². The van der Waals surface area contributed by atoms with Crippen molar-refractivity contribution in [3.8, 4) is 0 Å². The van der Waals surface area contributed by atoms with Crippen LogP contribution in [0.25, 0.3) is 0 Å². The number of hydrogen-bond acceptors (Lipinski definition) is 2. The van der Waals surface area contributed by atoms with E-state index in [1.807, 2.05) is 0 Å². The number of hydrogen-bond donors (Lipinski definition) is 2. The summed E-state index contributed by atoms with van der Waals surface area (Å²) in [7, 11) is 0. The number of carbonyl (C=O) groups is 1. The summed E-state index contributed by atoms with van der Waals surface area (Å²) >= 11 is 0. The molecule has 0 aliphatic carbocycles. The van der Waals surface area contributed by atoms with E-state index in [-0.39, 0.29) is 12.5 Å². The number of amides is 1. The van der Waals surface area contributed by atoms with E-state index < -0.39 is 17.8 Å². The van der Waals surface area contributed by atoms with Crippen molar-refractivity contribution in [2.75, 3.05) is 0 Å². The van der Waals surface area contributed by atoms with Gasteiger partial charge in [0.25, 0.3) is 0 Å². The first-order valence-electron chi connectivity index (χ1n) is 5.54. The van der Waals surface area contributed by atoms with Crippen molar-refractivity contribution in [3.05, 3.63) is 35.4 Å². The minimum atomic E-state index is -4.38. The molecule has 0 spiro atoms. The van der Waals surface area contributed by atoms with E-state index in [4.69, 9.17) is 5.73 Å². The molecule has 1 aromatic carbocycles. The topological polar surface area (TPSA) is 55.1 Å². The lowest BCUT2D eigenvalue weighted by molar-refractivity contribution is -0.137. The third-order valence-corrected chi connectivity index (χ3v) is 2.50. The Bertz CT molecular complexity index is 418. The van der Waals surface area contributed by atoms with E-state index in [1.54, 1.807) is 6.92 Å². The largest absolute Gasteiger partial charge is 0.416 e. The average Bonchev–Trinajstić information content (AvgIpc) is 2.34. The standard InChI is InChI=1S/C12H15F3N2O/c1-2-10(16)11(18)17-7-8-4-3-5-9(6-8)12(13,14)15/h3-6,10H,2,7,16H2,1H3,(H,17,18)/t10-/m0/s1. The maximum atomic E-state index is 12.4. The Kier molecular flexibility index (Phi) is 4.72. The molecule has 0 unspecified atom stereocenters. The minimum absolute atomic E-state index is 0.0381. The van der Waals surface area contributed by atoms with Crippen molar-refractivity contribution >= 4 is 5.91 Å². The Morgan fingerprint density at radius 2 is 2.11 bits per heavy atom. The van der Waals surface area contributed by atoms with E-state index in [1.165, 1.54) is 12.1 Å². The van der Waals surface area contributed by atoms with Crippen LogP contribution in [0.2, 0.25) is 0 Å². The molecule has 18 heavy (non-hydrogen) atoms. The quantitative estimate of drug-likeness (QED) is 0.870. The zero-order chi connectivity index (χ0) is 13.8. The predicted molar refractivity (Wildman–Crippen MR) is 61.6 cm³/mol. The first-order chi connectivity index (χ1) is 8.34. The fourth-order valence-electron chi connectivity index (χ4n) is 1.36. The van der Waals surface area contributed by atoms with Crippen LogP contribution in [0, 0.1) is 0 Å². The molecular formula is C12H15F3N2O. The lowest BCUT2D eigenvalue weighted by Gasteiger charge is -2.11. The van der Waals surface area contributed by atoms with Gasteiger partial charge >= 0.3 is 6.18 Å². The molecule has 0 aromatic heterocycles. The normalized spacial score (nSPS) is 13.2. The van der Waals surface area contributed by atoms with Crippen LogP contribution in [0.5, 0.6) is 0 Å². The summed E-state index contributed by atoms with van der Waals surface area (Å²) in [6.45, 7) is 1.80. The number of rotatable bonds is 4. The van der Waals surface area contributed by atoms with E-state index in [9.17, 15) is 18.0 Å². The number of alkyl halides is 3. The number of halogens is 3. The molecule has 0 fully saturated rings. The average molecular weight is 260 g/mol. The zero-order valence-corrected chi connectivity index (χ0v) is 9.92. The number of nitrogens with two attached hydrogens (primary N) is 1. The van der Waals surface area contributed by atoms with Crippen molar-refractivity contribution in [3.63, 3.8) is 0 Å². The minimum Gasteiger partial charge on any atom is -0.351 e. The molecule has 0 aliphatic rings. The summed E-state index contributed by atoms with van der Waals surface area (Å²) in [5.74, 6) is -0.366. The van der Waals surface area contributed by atoms with Crippen molar-refractivity contribution < 1.29 is 18.0 Å². The maximum absolute atomic E-state index is 12.4. The van der Waals surface area contributed by atoms with Crippen LogP contribution in [-0.2, 0) is 17.5 Å². The van der Waals surface area contributed by atoms with Gasteiger partial charge < -0.3 is 11.1 Å². The van der Waals surface area contributed by atoms with E-state index in [0.717, 1.165) is 12.1 Å². The second kappa shape index (κ2) is 5.86. The van der Waals surface area contributed by atoms with Gasteiger partial charge in [-0.25, -0.2) is 0 Å². The van der Waals surface area contributed by atoms with Crippen LogP contribution in [-0.4, -0.2) is 11.9 Å². The summed E-state index contributed by atoms with van der Waals surface area (Å²) in [4.78, 5) is 11.4. The molecule has 0 bridgehead atoms. The molecule has 3 N–H and O–H groups in total. The Labute approximate surface area is 103 Å². The highest BCUT2D eigenvalue weighted by molar-refractivity contribution is 5.81. The van der Waals surface area contributed by atoms with E-state index >= 15 is 0 Å². The number of nitrogens with one attached hydrogen (secondary N) is 1. The smallest absolute Gasteiger partial charge is 0.351 e. The van der Waals surface area contributed by atoms with Crippen molar-refractivity contribution in [2.45, 2.75) is 32.1 Å². The molecule has 1 amide bonds. The van der Waals surface area contributed by atoms with Crippen LogP contribution in [0.15, 0.2) is 24.3 Å². The Morgan fingerprint density at radius 1 is 1.44 bits per heavy atom. The molecule has 0 aliphatic heterocycles. The summed E-state index contributed by atoms with van der Waals surface area (Å²) in [5, 5.41) is 2.50. The SMILES string of the molecule is CC[C@H](N)C(=O)NCc1cccc(C(F)(F)F)c1. The van der Waals surface area contributed by atoms with Crippen LogP contribution in [0.3, 0.4) is 0 Å². The Morgan fingerprint density at radius 3 is 2.67 bits per heavy atom. The molecule has 0 saturated carbocycles. The first-order valence-corrected chi connectivity index (χ1v) is 5.54. The Hall–Kier alpha value is -1.56. The van der Waals surface area contributed by atoms with Gasteiger partial charge in [-0.05, 0) is 24.1 Å². The van der Waals surface area contributed by atoms with Crippen molar-refractivity contribution in [2.24, 2.45) is 5.73 Å². The van der Waals surface area contributed by atoms with Gasteiger partial charge in [-0.15, -0.1) is 0 Å². The van der Waals surface area contributed by atoms with Crippen molar-refractivity contribution in [1.82, 2.24) is 5.32 Å². The fraction of sp³-hybridized carbons (Fsp3) is 0.417. The van der Waals surface area contributed by atoms with E-state index in [2.05, 4.69) is 5.32 Å². The first kappa shape index (κ1) is 14.5. The van der Waals surface area contributed by atoms with Gasteiger partial charge in [0.05, 0.1) is 11.6 Å². The van der Waals surface area contributed by atoms with Crippen LogP contribution < -0.4 is 11.1 Å². The van der Waals surface area contributed by atoms with Crippen LogP contribution in [0.1, 0.15) is 24.5 Å². The molecule has 1 atom stereocenters. The molecular weight excluding hydrogens is 245 g/mol. The third-order valence-electron chi connectivity index (χ3n) is 2.50. The predicted octanol–water partition coefficient (Wildman–Crippen LogP) is 2.06. The van der Waals surface area contributed by atoms with Gasteiger partial charge in [0, 0.05) is 6.54 Å². The Balaban J connectivity index is 2.66. The van der Waals surface area contributed by atoms with Gasteiger partial charge in [-0.1, -0.05) is 19.1 Å².